The average molecular weight is 256 g/mol. The van der Waals surface area contributed by atoms with Crippen LogP contribution in [0.25, 0.3) is 0 Å². The number of nitrogens with one attached hydrogen (secondary N) is 1. The highest BCUT2D eigenvalue weighted by Gasteiger charge is 2.31. The number of hydrogen-bond donors (Lipinski definition) is 2. The number of carbonyl (C=O) groups excluding carboxylic acids is 1. The van der Waals surface area contributed by atoms with Crippen molar-refractivity contribution in [2.24, 2.45) is 0 Å². The summed E-state index contributed by atoms with van der Waals surface area (Å²) in [4.78, 5) is 24.5. The Morgan fingerprint density at radius 3 is 2.67 bits per heavy atom. The minimum atomic E-state index is -0.842. The molecule has 0 spiro atoms. The van der Waals surface area contributed by atoms with Crippen LogP contribution in [0, 0.1) is 0 Å². The van der Waals surface area contributed by atoms with Gasteiger partial charge in [0, 0.05) is 31.8 Å². The number of urea groups is 1. The van der Waals surface area contributed by atoms with Gasteiger partial charge in [0.05, 0.1) is 6.42 Å². The molecule has 0 aromatic rings. The number of carbonyl (C=O) groups is 2. The summed E-state index contributed by atoms with van der Waals surface area (Å²) in [6.45, 7) is 2.03. The van der Waals surface area contributed by atoms with Gasteiger partial charge in [-0.25, -0.2) is 4.79 Å². The van der Waals surface area contributed by atoms with Gasteiger partial charge in [-0.05, 0) is 25.7 Å². The van der Waals surface area contributed by atoms with E-state index in [9.17, 15) is 9.59 Å². The molecule has 0 radical (unpaired) electrons. The number of ether oxygens (including phenoxy) is 1. The van der Waals surface area contributed by atoms with E-state index in [4.69, 9.17) is 9.84 Å². The molecule has 0 aromatic carbocycles. The maximum atomic E-state index is 12.1. The van der Waals surface area contributed by atoms with Crippen molar-refractivity contribution in [2.75, 3.05) is 19.8 Å². The lowest BCUT2D eigenvalue weighted by atomic mass is 10.1. The summed E-state index contributed by atoms with van der Waals surface area (Å²) < 4.78 is 5.24. The number of amides is 2. The van der Waals surface area contributed by atoms with Gasteiger partial charge < -0.3 is 20.1 Å². The number of carboxylic acid groups (broad SMARTS) is 1. The Morgan fingerprint density at radius 1 is 1.28 bits per heavy atom. The molecule has 2 heterocycles. The van der Waals surface area contributed by atoms with Crippen LogP contribution in [-0.4, -0.2) is 53.8 Å². The minimum Gasteiger partial charge on any atom is -0.481 e. The van der Waals surface area contributed by atoms with Crippen molar-refractivity contribution in [2.45, 2.75) is 44.2 Å². The smallest absolute Gasteiger partial charge is 0.317 e. The van der Waals surface area contributed by atoms with Gasteiger partial charge >= 0.3 is 12.0 Å². The second-order valence-corrected chi connectivity index (χ2v) is 4.92. The lowest BCUT2D eigenvalue weighted by molar-refractivity contribution is -0.137. The summed E-state index contributed by atoms with van der Waals surface area (Å²) in [5, 5.41) is 11.8. The SMILES string of the molecule is O=C(O)CC1CCCN1C(=O)NC1CCOCC1. The van der Waals surface area contributed by atoms with Crippen LogP contribution < -0.4 is 5.32 Å². The molecule has 2 rings (SSSR count). The van der Waals surface area contributed by atoms with Crippen LogP contribution >= 0.6 is 0 Å². The van der Waals surface area contributed by atoms with Gasteiger partial charge in [0.15, 0.2) is 0 Å². The number of aliphatic carboxylic acids is 1. The molecule has 0 aromatic heterocycles. The summed E-state index contributed by atoms with van der Waals surface area (Å²) >= 11 is 0. The Hall–Kier alpha value is -1.30. The largest absolute Gasteiger partial charge is 0.481 e. The van der Waals surface area contributed by atoms with Gasteiger partial charge in [-0.2, -0.15) is 0 Å². The summed E-state index contributed by atoms with van der Waals surface area (Å²) in [7, 11) is 0. The summed E-state index contributed by atoms with van der Waals surface area (Å²) in [5.74, 6) is -0.842. The molecule has 0 saturated carbocycles. The van der Waals surface area contributed by atoms with E-state index in [2.05, 4.69) is 5.32 Å². The predicted octanol–water partition coefficient (Wildman–Crippen LogP) is 0.814. The summed E-state index contributed by atoms with van der Waals surface area (Å²) in [5.41, 5.74) is 0. The monoisotopic (exact) mass is 256 g/mol. The van der Waals surface area contributed by atoms with Crippen LogP contribution in [0.2, 0.25) is 0 Å². The second kappa shape index (κ2) is 6.04. The van der Waals surface area contributed by atoms with Gasteiger partial charge in [0.2, 0.25) is 0 Å². The first kappa shape index (κ1) is 13.1. The van der Waals surface area contributed by atoms with Crippen LogP contribution in [0.15, 0.2) is 0 Å². The highest BCUT2D eigenvalue weighted by molar-refractivity contribution is 5.76. The fourth-order valence-corrected chi connectivity index (χ4v) is 2.62. The van der Waals surface area contributed by atoms with Crippen LogP contribution in [0.3, 0.4) is 0 Å². The first-order valence-corrected chi connectivity index (χ1v) is 6.53. The molecule has 2 amide bonds. The van der Waals surface area contributed by atoms with Crippen molar-refractivity contribution in [1.29, 1.82) is 0 Å². The standard InChI is InChI=1S/C12H20N2O4/c15-11(16)8-10-2-1-5-14(10)12(17)13-9-3-6-18-7-4-9/h9-10H,1-8H2,(H,13,17)(H,15,16). The molecule has 102 valence electrons. The zero-order valence-corrected chi connectivity index (χ0v) is 10.4. The first-order valence-electron chi connectivity index (χ1n) is 6.53. The van der Waals surface area contributed by atoms with E-state index in [-0.39, 0.29) is 24.5 Å². The first-order chi connectivity index (χ1) is 8.66. The van der Waals surface area contributed by atoms with Crippen LogP contribution in [0.4, 0.5) is 4.79 Å². The highest BCUT2D eigenvalue weighted by atomic mass is 16.5. The molecule has 0 bridgehead atoms. The van der Waals surface area contributed by atoms with E-state index >= 15 is 0 Å². The summed E-state index contributed by atoms with van der Waals surface area (Å²) in [6, 6.07) is -0.106. The Morgan fingerprint density at radius 2 is 2.00 bits per heavy atom. The van der Waals surface area contributed by atoms with Gasteiger partial charge in [-0.15, -0.1) is 0 Å². The predicted molar refractivity (Wildman–Crippen MR) is 64.4 cm³/mol. The molecule has 2 fully saturated rings. The van der Waals surface area contributed by atoms with Crippen molar-refractivity contribution >= 4 is 12.0 Å². The van der Waals surface area contributed by atoms with Crippen molar-refractivity contribution in [3.8, 4) is 0 Å². The van der Waals surface area contributed by atoms with Crippen LogP contribution in [0.5, 0.6) is 0 Å². The molecule has 2 N–H and O–H groups in total. The van der Waals surface area contributed by atoms with E-state index in [0.717, 1.165) is 25.7 Å². The lowest BCUT2D eigenvalue weighted by Gasteiger charge is -2.29. The minimum absolute atomic E-state index is 0.0429. The average Bonchev–Trinajstić information content (AvgIpc) is 2.77. The van der Waals surface area contributed by atoms with Gasteiger partial charge in [-0.1, -0.05) is 0 Å². The van der Waals surface area contributed by atoms with Crippen LogP contribution in [-0.2, 0) is 9.53 Å². The normalized spacial score (nSPS) is 25.1. The van der Waals surface area contributed by atoms with Crippen molar-refractivity contribution in [1.82, 2.24) is 10.2 Å². The van der Waals surface area contributed by atoms with Gasteiger partial charge in [0.1, 0.15) is 0 Å². The third-order valence-corrected chi connectivity index (χ3v) is 3.60. The molecule has 2 aliphatic heterocycles. The van der Waals surface area contributed by atoms with E-state index in [0.29, 0.717) is 19.8 Å². The van der Waals surface area contributed by atoms with Crippen molar-refractivity contribution in [3.05, 3.63) is 0 Å². The zero-order chi connectivity index (χ0) is 13.0. The molecule has 2 saturated heterocycles. The molecule has 2 aliphatic rings. The van der Waals surface area contributed by atoms with E-state index < -0.39 is 5.97 Å². The number of carboxylic acids is 1. The quantitative estimate of drug-likeness (QED) is 0.783. The van der Waals surface area contributed by atoms with E-state index in [1.54, 1.807) is 4.90 Å². The fraction of sp³-hybridized carbons (Fsp3) is 0.833. The van der Waals surface area contributed by atoms with Gasteiger partial charge in [0.25, 0.3) is 0 Å². The lowest BCUT2D eigenvalue weighted by Crippen LogP contribution is -2.48. The number of rotatable bonds is 3. The van der Waals surface area contributed by atoms with Crippen molar-refractivity contribution < 1.29 is 19.4 Å². The third-order valence-electron chi connectivity index (χ3n) is 3.60. The molecule has 1 atom stereocenters. The molecule has 0 aliphatic carbocycles. The molecule has 18 heavy (non-hydrogen) atoms. The van der Waals surface area contributed by atoms with Crippen LogP contribution in [0.1, 0.15) is 32.1 Å². The second-order valence-electron chi connectivity index (χ2n) is 4.92. The Bertz CT molecular complexity index is 315. The molecular weight excluding hydrogens is 236 g/mol. The molecule has 6 nitrogen and oxygen atoms in total. The van der Waals surface area contributed by atoms with E-state index in [1.165, 1.54) is 0 Å². The molecule has 6 heteroatoms. The molecule has 1 unspecified atom stereocenters. The van der Waals surface area contributed by atoms with Gasteiger partial charge in [-0.3, -0.25) is 4.79 Å². The zero-order valence-electron chi connectivity index (χ0n) is 10.4. The maximum absolute atomic E-state index is 12.1. The fourth-order valence-electron chi connectivity index (χ4n) is 2.62. The Kier molecular flexibility index (Phi) is 4.41. The Labute approximate surface area is 106 Å². The van der Waals surface area contributed by atoms with Crippen molar-refractivity contribution in [3.63, 3.8) is 0 Å². The number of likely N-dealkylation sites (tertiary alicyclic amines) is 1. The number of nitrogens with zero attached hydrogens (tertiary/aromatic N) is 1. The van der Waals surface area contributed by atoms with E-state index in [1.807, 2.05) is 0 Å². The Balaban J connectivity index is 1.84. The summed E-state index contributed by atoms with van der Waals surface area (Å²) in [6.07, 6.45) is 3.39. The highest BCUT2D eigenvalue weighted by Crippen LogP contribution is 2.20. The third kappa shape index (κ3) is 3.35. The number of hydrogen-bond acceptors (Lipinski definition) is 3. The maximum Gasteiger partial charge on any atom is 0.317 e. The topological polar surface area (TPSA) is 78.9 Å². The molecular formula is C12H20N2O4.